The first-order valence-electron chi connectivity index (χ1n) is 12.7. The highest BCUT2D eigenvalue weighted by molar-refractivity contribution is 6.32. The summed E-state index contributed by atoms with van der Waals surface area (Å²) in [5, 5.41) is 11.6. The van der Waals surface area contributed by atoms with Crippen molar-refractivity contribution in [3.63, 3.8) is 0 Å². The lowest BCUT2D eigenvalue weighted by Crippen LogP contribution is -2.35. The van der Waals surface area contributed by atoms with E-state index in [2.05, 4.69) is 28.6 Å². The molecule has 1 N–H and O–H groups in total. The van der Waals surface area contributed by atoms with E-state index in [1.54, 1.807) is 49.9 Å². The molecule has 38 heavy (non-hydrogen) atoms. The van der Waals surface area contributed by atoms with Gasteiger partial charge in [-0.25, -0.2) is 14.2 Å². The third kappa shape index (κ3) is 5.06. The second-order valence-corrected chi connectivity index (χ2v) is 10.4. The topological polar surface area (TPSA) is 66.5 Å². The Hall–Kier alpha value is -3.62. The summed E-state index contributed by atoms with van der Waals surface area (Å²) in [5.41, 5.74) is 2.18. The summed E-state index contributed by atoms with van der Waals surface area (Å²) in [6.07, 6.45) is 6.01. The fraction of sp³-hybridized carbons (Fsp3) is 0.310. The quantitative estimate of drug-likeness (QED) is 0.374. The maximum absolute atomic E-state index is 14.9. The van der Waals surface area contributed by atoms with Crippen LogP contribution in [0.2, 0.25) is 5.02 Å². The number of rotatable bonds is 5. The maximum Gasteiger partial charge on any atom is 0.332 e. The minimum atomic E-state index is -0.479. The number of phenolic OH excluding ortho intramolecular Hbond substituents is 1. The number of imidazole rings is 1. The predicted molar refractivity (Wildman–Crippen MR) is 150 cm³/mol. The van der Waals surface area contributed by atoms with Crippen molar-refractivity contribution in [2.75, 3.05) is 31.1 Å². The molecule has 5 rings (SSSR count). The zero-order chi connectivity index (χ0) is 27.0. The van der Waals surface area contributed by atoms with Crippen LogP contribution in [0.4, 0.5) is 10.2 Å². The van der Waals surface area contributed by atoms with E-state index >= 15 is 0 Å². The van der Waals surface area contributed by atoms with Gasteiger partial charge in [0.15, 0.2) is 0 Å². The lowest BCUT2D eigenvalue weighted by Gasteiger charge is -2.25. The first-order valence-corrected chi connectivity index (χ1v) is 13.1. The highest BCUT2D eigenvalue weighted by Gasteiger charge is 2.20. The molecule has 0 unspecified atom stereocenters. The molecule has 1 aliphatic heterocycles. The SMILES string of the molecule is CC(C)N1CCCN(c2cc(-c3cc(F)cc(-c4ccc(-n5ccn(C)c5=O)c(Cl)c4)c3O)ccn2)CC1. The average molecular weight is 536 g/mol. The average Bonchev–Trinajstić information content (AvgIpc) is 3.08. The summed E-state index contributed by atoms with van der Waals surface area (Å²) in [7, 11) is 1.66. The standard InChI is InChI=1S/C29H31ClFN5O2/c1-19(2)34-9-4-10-35(13-12-34)27-16-21(7-8-32-27)24-18-22(31)17-23(28(24)37)20-5-6-26(25(30)15-20)36-14-11-33(3)29(36)38/h5-8,11,14-19,37H,4,9-10,12-13H2,1-3H3. The van der Waals surface area contributed by atoms with E-state index in [-0.39, 0.29) is 11.4 Å². The highest BCUT2D eigenvalue weighted by atomic mass is 35.5. The van der Waals surface area contributed by atoms with Crippen molar-refractivity contribution in [2.45, 2.75) is 26.3 Å². The van der Waals surface area contributed by atoms with E-state index in [1.807, 2.05) is 6.07 Å². The molecule has 198 valence electrons. The number of aromatic hydroxyl groups is 1. The summed E-state index contributed by atoms with van der Waals surface area (Å²) in [5.74, 6) is 0.276. The van der Waals surface area contributed by atoms with Gasteiger partial charge in [-0.1, -0.05) is 17.7 Å². The predicted octanol–water partition coefficient (Wildman–Crippen LogP) is 5.32. The van der Waals surface area contributed by atoms with Crippen LogP contribution in [0.25, 0.3) is 27.9 Å². The Balaban J connectivity index is 1.49. The molecule has 0 aliphatic carbocycles. The number of halogens is 2. The van der Waals surface area contributed by atoms with Crippen LogP contribution in [-0.4, -0.2) is 56.3 Å². The van der Waals surface area contributed by atoms with Gasteiger partial charge >= 0.3 is 5.69 Å². The van der Waals surface area contributed by atoms with Crippen molar-refractivity contribution in [2.24, 2.45) is 7.05 Å². The number of nitrogens with zero attached hydrogens (tertiary/aromatic N) is 5. The zero-order valence-electron chi connectivity index (χ0n) is 21.7. The van der Waals surface area contributed by atoms with E-state index in [0.717, 1.165) is 38.4 Å². The molecule has 3 heterocycles. The molecule has 2 aromatic carbocycles. The van der Waals surface area contributed by atoms with Crippen LogP contribution in [0.3, 0.4) is 0 Å². The van der Waals surface area contributed by atoms with Gasteiger partial charge in [0, 0.05) is 69.0 Å². The van der Waals surface area contributed by atoms with Gasteiger partial charge in [-0.15, -0.1) is 0 Å². The van der Waals surface area contributed by atoms with Gasteiger partial charge in [0.05, 0.1) is 10.7 Å². The Bertz CT molecular complexity index is 1530. The third-order valence-electron chi connectivity index (χ3n) is 7.18. The molecule has 7 nitrogen and oxygen atoms in total. The third-order valence-corrected chi connectivity index (χ3v) is 7.48. The lowest BCUT2D eigenvalue weighted by atomic mass is 9.97. The minimum Gasteiger partial charge on any atom is -0.507 e. The summed E-state index contributed by atoms with van der Waals surface area (Å²) in [6, 6.07) is 11.8. The van der Waals surface area contributed by atoms with Gasteiger partial charge in [0.25, 0.3) is 0 Å². The summed E-state index contributed by atoms with van der Waals surface area (Å²) >= 11 is 6.53. The summed E-state index contributed by atoms with van der Waals surface area (Å²) in [6.45, 7) is 8.15. The number of aryl methyl sites for hydroxylation is 1. The van der Waals surface area contributed by atoms with E-state index in [4.69, 9.17) is 11.6 Å². The summed E-state index contributed by atoms with van der Waals surface area (Å²) < 4.78 is 17.8. The number of benzene rings is 2. The number of phenols is 1. The van der Waals surface area contributed by atoms with Gasteiger partial charge in [-0.3, -0.25) is 9.47 Å². The molecule has 2 aromatic heterocycles. The molecule has 0 radical (unpaired) electrons. The molecular weight excluding hydrogens is 505 g/mol. The van der Waals surface area contributed by atoms with Crippen LogP contribution in [0.1, 0.15) is 20.3 Å². The van der Waals surface area contributed by atoms with Gasteiger partial charge in [0.2, 0.25) is 0 Å². The van der Waals surface area contributed by atoms with Gasteiger partial charge in [-0.05, 0) is 67.8 Å². The van der Waals surface area contributed by atoms with Crippen LogP contribution in [0, 0.1) is 5.82 Å². The maximum atomic E-state index is 14.9. The Labute approximate surface area is 226 Å². The fourth-order valence-electron chi connectivity index (χ4n) is 5.00. The van der Waals surface area contributed by atoms with Crippen molar-refractivity contribution in [1.29, 1.82) is 0 Å². The molecule has 1 saturated heterocycles. The molecule has 0 saturated carbocycles. The molecule has 0 atom stereocenters. The van der Waals surface area contributed by atoms with Crippen molar-refractivity contribution >= 4 is 17.4 Å². The lowest BCUT2D eigenvalue weighted by molar-refractivity contribution is 0.238. The Morgan fingerprint density at radius 1 is 0.974 bits per heavy atom. The first-order chi connectivity index (χ1) is 18.2. The molecule has 4 aromatic rings. The fourth-order valence-corrected chi connectivity index (χ4v) is 5.27. The van der Waals surface area contributed by atoms with E-state index in [0.29, 0.717) is 39.0 Å². The largest absolute Gasteiger partial charge is 0.507 e. The van der Waals surface area contributed by atoms with E-state index in [9.17, 15) is 14.3 Å². The molecule has 1 aliphatic rings. The second-order valence-electron chi connectivity index (χ2n) is 9.95. The van der Waals surface area contributed by atoms with Gasteiger partial charge in [-0.2, -0.15) is 0 Å². The molecule has 0 bridgehead atoms. The molecular formula is C29H31ClFN5O2. The molecule has 0 spiro atoms. The minimum absolute atomic E-state index is 0.0499. The monoisotopic (exact) mass is 535 g/mol. The van der Waals surface area contributed by atoms with Crippen LogP contribution in [0.15, 0.2) is 65.8 Å². The van der Waals surface area contributed by atoms with Crippen molar-refractivity contribution in [1.82, 2.24) is 19.0 Å². The van der Waals surface area contributed by atoms with Crippen molar-refractivity contribution < 1.29 is 9.50 Å². The Kier molecular flexibility index (Phi) is 7.27. The van der Waals surface area contributed by atoms with Crippen LogP contribution in [0.5, 0.6) is 5.75 Å². The smallest absolute Gasteiger partial charge is 0.332 e. The highest BCUT2D eigenvalue weighted by Crippen LogP contribution is 2.41. The normalized spacial score (nSPS) is 14.7. The van der Waals surface area contributed by atoms with Crippen LogP contribution >= 0.6 is 11.6 Å². The van der Waals surface area contributed by atoms with E-state index < -0.39 is 5.82 Å². The van der Waals surface area contributed by atoms with Gasteiger partial charge < -0.3 is 14.6 Å². The molecule has 9 heteroatoms. The van der Waals surface area contributed by atoms with Crippen molar-refractivity contribution in [3.8, 4) is 33.7 Å². The van der Waals surface area contributed by atoms with Crippen LogP contribution < -0.4 is 10.6 Å². The van der Waals surface area contributed by atoms with Crippen molar-refractivity contribution in [3.05, 3.63) is 82.4 Å². The zero-order valence-corrected chi connectivity index (χ0v) is 22.5. The Morgan fingerprint density at radius 3 is 2.37 bits per heavy atom. The van der Waals surface area contributed by atoms with Gasteiger partial charge in [0.1, 0.15) is 17.4 Å². The number of pyridine rings is 1. The molecule has 1 fully saturated rings. The first kappa shape index (κ1) is 26.0. The van der Waals surface area contributed by atoms with E-state index in [1.165, 1.54) is 21.3 Å². The second kappa shape index (κ2) is 10.6. The number of aromatic nitrogens is 3. The van der Waals surface area contributed by atoms with Crippen LogP contribution in [-0.2, 0) is 7.05 Å². The molecule has 0 amide bonds. The Morgan fingerprint density at radius 2 is 1.71 bits per heavy atom. The number of hydrogen-bond acceptors (Lipinski definition) is 5. The number of anilines is 1. The number of hydrogen-bond donors (Lipinski definition) is 1. The summed E-state index contributed by atoms with van der Waals surface area (Å²) in [4.78, 5) is 21.6.